The molecule has 1 aromatic carbocycles. The summed E-state index contributed by atoms with van der Waals surface area (Å²) in [4.78, 5) is 28.6. The van der Waals surface area contributed by atoms with E-state index in [9.17, 15) is 4.79 Å². The molecule has 0 fully saturated rings. The first-order valence-corrected chi connectivity index (χ1v) is 7.37. The molecule has 7 nitrogen and oxygen atoms in total. The van der Waals surface area contributed by atoms with Crippen LogP contribution in [-0.4, -0.2) is 32.4 Å². The Morgan fingerprint density at radius 3 is 3.00 bits per heavy atom. The second-order valence-electron chi connectivity index (χ2n) is 5.30. The third kappa shape index (κ3) is 2.57. The Hall–Kier alpha value is -3.09. The first kappa shape index (κ1) is 13.6. The SMILES string of the molecule is O=C1NCCc2ccc(CNc3ncnc4nccnc34)cc21. The molecule has 0 saturated carbocycles. The summed E-state index contributed by atoms with van der Waals surface area (Å²) in [5.74, 6) is 0.622. The van der Waals surface area contributed by atoms with Gasteiger partial charge in [-0.3, -0.25) is 4.79 Å². The van der Waals surface area contributed by atoms with Gasteiger partial charge in [-0.25, -0.2) is 19.9 Å². The molecule has 0 unspecified atom stereocenters. The van der Waals surface area contributed by atoms with Gasteiger partial charge in [0.05, 0.1) is 0 Å². The maximum Gasteiger partial charge on any atom is 0.251 e. The molecular weight excluding hydrogens is 292 g/mol. The number of hydrogen-bond acceptors (Lipinski definition) is 6. The van der Waals surface area contributed by atoms with Gasteiger partial charge in [0.25, 0.3) is 5.91 Å². The molecule has 0 spiro atoms. The van der Waals surface area contributed by atoms with Crippen molar-refractivity contribution in [2.75, 3.05) is 11.9 Å². The molecule has 1 aliphatic heterocycles. The Labute approximate surface area is 132 Å². The lowest BCUT2D eigenvalue weighted by atomic mass is 9.98. The van der Waals surface area contributed by atoms with Crippen LogP contribution < -0.4 is 10.6 Å². The average molecular weight is 306 g/mol. The van der Waals surface area contributed by atoms with Crippen LogP contribution in [0.3, 0.4) is 0 Å². The number of carbonyl (C=O) groups excluding carboxylic acids is 1. The highest BCUT2D eigenvalue weighted by molar-refractivity contribution is 5.96. The van der Waals surface area contributed by atoms with Crippen molar-refractivity contribution in [2.45, 2.75) is 13.0 Å². The molecule has 1 aliphatic rings. The fourth-order valence-corrected chi connectivity index (χ4v) is 2.68. The summed E-state index contributed by atoms with van der Waals surface area (Å²) < 4.78 is 0. The van der Waals surface area contributed by atoms with E-state index in [0.29, 0.717) is 30.1 Å². The molecule has 4 rings (SSSR count). The van der Waals surface area contributed by atoms with Crippen molar-refractivity contribution >= 4 is 22.9 Å². The van der Waals surface area contributed by atoms with Gasteiger partial charge in [0, 0.05) is 31.0 Å². The zero-order valence-corrected chi connectivity index (χ0v) is 12.3. The van der Waals surface area contributed by atoms with Crippen molar-refractivity contribution < 1.29 is 4.79 Å². The number of fused-ring (bicyclic) bond motifs is 2. The minimum Gasteiger partial charge on any atom is -0.364 e. The van der Waals surface area contributed by atoms with Crippen LogP contribution in [0.25, 0.3) is 11.2 Å². The van der Waals surface area contributed by atoms with E-state index in [4.69, 9.17) is 0 Å². The van der Waals surface area contributed by atoms with Gasteiger partial charge >= 0.3 is 0 Å². The number of benzene rings is 1. The fraction of sp³-hybridized carbons (Fsp3) is 0.188. The predicted molar refractivity (Wildman–Crippen MR) is 84.9 cm³/mol. The zero-order chi connectivity index (χ0) is 15.6. The van der Waals surface area contributed by atoms with Gasteiger partial charge in [0.15, 0.2) is 11.5 Å². The van der Waals surface area contributed by atoms with E-state index in [2.05, 4.69) is 30.6 Å². The van der Waals surface area contributed by atoms with E-state index in [0.717, 1.165) is 23.1 Å². The van der Waals surface area contributed by atoms with E-state index in [1.54, 1.807) is 12.4 Å². The monoisotopic (exact) mass is 306 g/mol. The second kappa shape index (κ2) is 5.60. The molecule has 0 saturated heterocycles. The third-order valence-electron chi connectivity index (χ3n) is 3.83. The van der Waals surface area contributed by atoms with Gasteiger partial charge in [0.2, 0.25) is 0 Å². The van der Waals surface area contributed by atoms with Crippen LogP contribution in [-0.2, 0) is 13.0 Å². The smallest absolute Gasteiger partial charge is 0.251 e. The van der Waals surface area contributed by atoms with Crippen molar-refractivity contribution in [3.63, 3.8) is 0 Å². The Morgan fingerprint density at radius 1 is 1.13 bits per heavy atom. The quantitative estimate of drug-likeness (QED) is 0.758. The summed E-state index contributed by atoms with van der Waals surface area (Å²) >= 11 is 0. The summed E-state index contributed by atoms with van der Waals surface area (Å²) in [7, 11) is 0. The van der Waals surface area contributed by atoms with E-state index >= 15 is 0 Å². The van der Waals surface area contributed by atoms with Crippen LogP contribution in [0.1, 0.15) is 21.5 Å². The average Bonchev–Trinajstić information content (AvgIpc) is 2.60. The van der Waals surface area contributed by atoms with E-state index in [-0.39, 0.29) is 5.91 Å². The minimum atomic E-state index is -0.00791. The molecule has 114 valence electrons. The molecule has 3 heterocycles. The van der Waals surface area contributed by atoms with Crippen LogP contribution in [0, 0.1) is 0 Å². The van der Waals surface area contributed by atoms with Gasteiger partial charge in [-0.1, -0.05) is 12.1 Å². The van der Waals surface area contributed by atoms with Crippen molar-refractivity contribution in [2.24, 2.45) is 0 Å². The first-order chi connectivity index (χ1) is 11.3. The van der Waals surface area contributed by atoms with Crippen LogP contribution in [0.2, 0.25) is 0 Å². The summed E-state index contributed by atoms with van der Waals surface area (Å²) in [6, 6.07) is 5.97. The molecule has 0 aliphatic carbocycles. The standard InChI is InChI=1S/C16H14N6O/c23-16-12-7-10(1-2-11(12)3-4-19-16)8-20-15-13-14(21-9-22-15)18-6-5-17-13/h1-2,5-7,9H,3-4,8H2,(H,19,23)(H,18,20,21,22). The molecule has 23 heavy (non-hydrogen) atoms. The van der Waals surface area contributed by atoms with Crippen LogP contribution in [0.15, 0.2) is 36.9 Å². The summed E-state index contributed by atoms with van der Waals surface area (Å²) in [6.07, 6.45) is 5.54. The molecule has 2 aromatic heterocycles. The lowest BCUT2D eigenvalue weighted by molar-refractivity contribution is 0.0946. The number of amides is 1. The maximum absolute atomic E-state index is 11.9. The minimum absolute atomic E-state index is 0.00791. The van der Waals surface area contributed by atoms with Crippen LogP contribution in [0.5, 0.6) is 0 Å². The van der Waals surface area contributed by atoms with E-state index < -0.39 is 0 Å². The highest BCUT2D eigenvalue weighted by atomic mass is 16.1. The maximum atomic E-state index is 11.9. The lowest BCUT2D eigenvalue weighted by Gasteiger charge is -2.17. The van der Waals surface area contributed by atoms with Gasteiger partial charge < -0.3 is 10.6 Å². The van der Waals surface area contributed by atoms with E-state index in [1.807, 2.05) is 18.2 Å². The molecular formula is C16H14N6O. The first-order valence-electron chi connectivity index (χ1n) is 7.37. The van der Waals surface area contributed by atoms with Crippen molar-refractivity contribution in [3.05, 3.63) is 53.6 Å². The number of nitrogens with one attached hydrogen (secondary N) is 2. The Morgan fingerprint density at radius 2 is 2.04 bits per heavy atom. The number of aromatic nitrogens is 4. The third-order valence-corrected chi connectivity index (χ3v) is 3.83. The number of carbonyl (C=O) groups is 1. The highest BCUT2D eigenvalue weighted by Gasteiger charge is 2.16. The number of rotatable bonds is 3. The summed E-state index contributed by atoms with van der Waals surface area (Å²) in [5, 5.41) is 6.11. The molecule has 0 bridgehead atoms. The molecule has 3 aromatic rings. The normalized spacial score (nSPS) is 13.5. The van der Waals surface area contributed by atoms with Crippen LogP contribution >= 0.6 is 0 Å². The number of anilines is 1. The van der Waals surface area contributed by atoms with Gasteiger partial charge in [-0.05, 0) is 23.6 Å². The van der Waals surface area contributed by atoms with Crippen LogP contribution in [0.4, 0.5) is 5.82 Å². The van der Waals surface area contributed by atoms with Gasteiger partial charge in [0.1, 0.15) is 11.8 Å². The topological polar surface area (TPSA) is 92.7 Å². The largest absolute Gasteiger partial charge is 0.364 e. The molecule has 0 atom stereocenters. The lowest BCUT2D eigenvalue weighted by Crippen LogP contribution is -2.31. The van der Waals surface area contributed by atoms with E-state index in [1.165, 1.54) is 6.33 Å². The Kier molecular flexibility index (Phi) is 3.30. The summed E-state index contributed by atoms with van der Waals surface area (Å²) in [6.45, 7) is 1.25. The fourth-order valence-electron chi connectivity index (χ4n) is 2.68. The van der Waals surface area contributed by atoms with Crippen molar-refractivity contribution in [1.29, 1.82) is 0 Å². The Bertz CT molecular complexity index is 889. The summed E-state index contributed by atoms with van der Waals surface area (Å²) in [5.41, 5.74) is 4.04. The van der Waals surface area contributed by atoms with Crippen molar-refractivity contribution in [1.82, 2.24) is 25.3 Å². The predicted octanol–water partition coefficient (Wildman–Crippen LogP) is 1.32. The highest BCUT2D eigenvalue weighted by Crippen LogP contribution is 2.18. The molecule has 0 radical (unpaired) electrons. The number of hydrogen-bond donors (Lipinski definition) is 2. The molecule has 1 amide bonds. The van der Waals surface area contributed by atoms with Gasteiger partial charge in [-0.15, -0.1) is 0 Å². The number of nitrogens with zero attached hydrogens (tertiary/aromatic N) is 4. The van der Waals surface area contributed by atoms with Crippen molar-refractivity contribution in [3.8, 4) is 0 Å². The Balaban J connectivity index is 1.59. The molecule has 7 heteroatoms. The van der Waals surface area contributed by atoms with Gasteiger partial charge in [-0.2, -0.15) is 0 Å². The zero-order valence-electron chi connectivity index (χ0n) is 12.3. The second-order valence-corrected chi connectivity index (χ2v) is 5.30. The molecule has 2 N–H and O–H groups in total.